The van der Waals surface area contributed by atoms with Gasteiger partial charge in [-0.15, -0.1) is 0 Å². The smallest absolute Gasteiger partial charge is 0.336 e. The van der Waals surface area contributed by atoms with Gasteiger partial charge in [-0.3, -0.25) is 9.52 Å². The molecule has 0 unspecified atom stereocenters. The fourth-order valence-corrected chi connectivity index (χ4v) is 4.47. The predicted octanol–water partition coefficient (Wildman–Crippen LogP) is 4.72. The lowest BCUT2D eigenvalue weighted by atomic mass is 9.98. The summed E-state index contributed by atoms with van der Waals surface area (Å²) in [4.78, 5) is 24.4. The van der Waals surface area contributed by atoms with Crippen LogP contribution in [0.1, 0.15) is 26.3 Å². The van der Waals surface area contributed by atoms with E-state index >= 15 is 0 Å². The van der Waals surface area contributed by atoms with Crippen molar-refractivity contribution in [3.05, 3.63) is 93.5 Å². The number of rotatable bonds is 6. The number of carbonyl (C=O) groups is 2. The molecule has 2 N–H and O–H groups in total. The largest absolute Gasteiger partial charge is 0.478 e. The van der Waals surface area contributed by atoms with Gasteiger partial charge in [-0.25, -0.2) is 13.2 Å². The number of halogens is 2. The number of carbonyl (C=O) groups excluding carboxylic acids is 1. The molecule has 0 aromatic heterocycles. The summed E-state index contributed by atoms with van der Waals surface area (Å²) < 4.78 is 28.3. The molecule has 3 rings (SSSR count). The fraction of sp³-hybridized carbons (Fsp3) is 0. The molecule has 0 aliphatic rings. The highest BCUT2D eigenvalue weighted by atomic mass is 35.5. The standard InChI is InChI=1S/C20H13Cl2NO5S/c21-12-9-10-14(16(22)11-12)19(24)18-15(20(25)26)7-4-8-17(18)29(27,28)23-13-5-2-1-3-6-13/h1-11,23H,(H,25,26). The number of ketones is 1. The molecule has 0 amide bonds. The van der Waals surface area contributed by atoms with E-state index in [9.17, 15) is 23.1 Å². The van der Waals surface area contributed by atoms with Crippen molar-refractivity contribution >= 4 is 50.7 Å². The van der Waals surface area contributed by atoms with Crippen LogP contribution in [0.25, 0.3) is 0 Å². The Labute approximate surface area is 176 Å². The van der Waals surface area contributed by atoms with Crippen LogP contribution in [0.3, 0.4) is 0 Å². The van der Waals surface area contributed by atoms with E-state index in [2.05, 4.69) is 4.72 Å². The van der Waals surface area contributed by atoms with Crippen molar-refractivity contribution in [2.24, 2.45) is 0 Å². The Balaban J connectivity index is 2.20. The zero-order chi connectivity index (χ0) is 21.2. The molecule has 0 bridgehead atoms. The molecule has 6 nitrogen and oxygen atoms in total. The number of hydrogen-bond donors (Lipinski definition) is 2. The number of carboxylic acids is 1. The van der Waals surface area contributed by atoms with Crippen LogP contribution in [0.4, 0.5) is 5.69 Å². The molecule has 0 fully saturated rings. The fourth-order valence-electron chi connectivity index (χ4n) is 2.69. The Morgan fingerprint density at radius 1 is 0.862 bits per heavy atom. The number of anilines is 1. The number of sulfonamides is 1. The van der Waals surface area contributed by atoms with Crippen LogP contribution in [0.5, 0.6) is 0 Å². The van der Waals surface area contributed by atoms with E-state index in [-0.39, 0.29) is 21.3 Å². The van der Waals surface area contributed by atoms with Crippen molar-refractivity contribution in [2.75, 3.05) is 4.72 Å². The molecule has 0 aliphatic carbocycles. The quantitative estimate of drug-likeness (QED) is 0.530. The molecular weight excluding hydrogens is 437 g/mol. The average Bonchev–Trinajstić information content (AvgIpc) is 2.67. The summed E-state index contributed by atoms with van der Waals surface area (Å²) in [5.74, 6) is -2.30. The monoisotopic (exact) mass is 449 g/mol. The lowest BCUT2D eigenvalue weighted by Crippen LogP contribution is -2.20. The highest BCUT2D eigenvalue weighted by Crippen LogP contribution is 2.29. The van der Waals surface area contributed by atoms with Crippen LogP contribution in [0, 0.1) is 0 Å². The van der Waals surface area contributed by atoms with Crippen molar-refractivity contribution in [1.29, 1.82) is 0 Å². The molecule has 0 heterocycles. The zero-order valence-corrected chi connectivity index (χ0v) is 16.9. The van der Waals surface area contributed by atoms with Gasteiger partial charge in [0.05, 0.1) is 21.0 Å². The summed E-state index contributed by atoms with van der Waals surface area (Å²) in [7, 11) is -4.28. The van der Waals surface area contributed by atoms with Crippen LogP contribution in [-0.4, -0.2) is 25.3 Å². The average molecular weight is 450 g/mol. The lowest BCUT2D eigenvalue weighted by Gasteiger charge is -2.14. The number of benzene rings is 3. The second-order valence-electron chi connectivity index (χ2n) is 5.91. The Morgan fingerprint density at radius 2 is 1.55 bits per heavy atom. The molecule has 3 aromatic carbocycles. The van der Waals surface area contributed by atoms with Gasteiger partial charge in [0, 0.05) is 16.3 Å². The van der Waals surface area contributed by atoms with Gasteiger partial charge < -0.3 is 5.11 Å². The van der Waals surface area contributed by atoms with Crippen LogP contribution in [0.2, 0.25) is 10.0 Å². The first-order valence-electron chi connectivity index (χ1n) is 8.14. The highest BCUT2D eigenvalue weighted by molar-refractivity contribution is 7.92. The molecule has 0 radical (unpaired) electrons. The van der Waals surface area contributed by atoms with Gasteiger partial charge in [-0.05, 0) is 42.5 Å². The molecule has 0 aliphatic heterocycles. The van der Waals surface area contributed by atoms with E-state index in [0.717, 1.165) is 12.1 Å². The molecule has 0 atom stereocenters. The van der Waals surface area contributed by atoms with E-state index in [0.29, 0.717) is 0 Å². The Hall–Kier alpha value is -2.87. The van der Waals surface area contributed by atoms with Crippen molar-refractivity contribution in [3.8, 4) is 0 Å². The third-order valence-corrected chi connectivity index (χ3v) is 5.95. The maximum Gasteiger partial charge on any atom is 0.336 e. The van der Waals surface area contributed by atoms with Crippen molar-refractivity contribution in [1.82, 2.24) is 0 Å². The maximum absolute atomic E-state index is 13.1. The normalized spacial score (nSPS) is 11.1. The summed E-state index contributed by atoms with van der Waals surface area (Å²) >= 11 is 11.9. The Morgan fingerprint density at radius 3 is 2.17 bits per heavy atom. The number of hydrogen-bond acceptors (Lipinski definition) is 4. The molecule has 3 aromatic rings. The first kappa shape index (κ1) is 20.9. The Bertz CT molecular complexity index is 1210. The number of para-hydroxylation sites is 1. The first-order chi connectivity index (χ1) is 13.7. The molecule has 0 saturated carbocycles. The minimum atomic E-state index is -4.28. The van der Waals surface area contributed by atoms with Crippen molar-refractivity contribution < 1.29 is 23.1 Å². The maximum atomic E-state index is 13.1. The predicted molar refractivity (Wildman–Crippen MR) is 111 cm³/mol. The van der Waals surface area contributed by atoms with Gasteiger partial charge >= 0.3 is 5.97 Å². The Kier molecular flexibility index (Phi) is 5.93. The SMILES string of the molecule is O=C(O)c1cccc(S(=O)(=O)Nc2ccccc2)c1C(=O)c1ccc(Cl)cc1Cl. The summed E-state index contributed by atoms with van der Waals surface area (Å²) in [6.07, 6.45) is 0. The minimum absolute atomic E-state index is 0.0259. The van der Waals surface area contributed by atoms with Crippen LogP contribution in [0.15, 0.2) is 71.6 Å². The van der Waals surface area contributed by atoms with Gasteiger partial charge in [0.2, 0.25) is 0 Å². The van der Waals surface area contributed by atoms with Crippen molar-refractivity contribution in [2.45, 2.75) is 4.90 Å². The van der Waals surface area contributed by atoms with E-state index in [1.807, 2.05) is 0 Å². The third kappa shape index (κ3) is 4.42. The van der Waals surface area contributed by atoms with Gasteiger partial charge in [0.25, 0.3) is 10.0 Å². The summed E-state index contributed by atoms with van der Waals surface area (Å²) in [6.45, 7) is 0. The third-order valence-electron chi connectivity index (χ3n) is 3.97. The molecule has 9 heteroatoms. The summed E-state index contributed by atoms with van der Waals surface area (Å²) in [5.41, 5.74) is -0.762. The van der Waals surface area contributed by atoms with E-state index in [1.165, 1.54) is 36.4 Å². The lowest BCUT2D eigenvalue weighted by molar-refractivity contribution is 0.0692. The van der Waals surface area contributed by atoms with Crippen LogP contribution >= 0.6 is 23.2 Å². The molecule has 148 valence electrons. The topological polar surface area (TPSA) is 101 Å². The number of nitrogens with one attached hydrogen (secondary N) is 1. The van der Waals surface area contributed by atoms with Gasteiger partial charge in [-0.2, -0.15) is 0 Å². The minimum Gasteiger partial charge on any atom is -0.478 e. The van der Waals surface area contributed by atoms with E-state index in [4.69, 9.17) is 23.2 Å². The highest BCUT2D eigenvalue weighted by Gasteiger charge is 2.29. The van der Waals surface area contributed by atoms with E-state index in [1.54, 1.807) is 18.2 Å². The zero-order valence-electron chi connectivity index (χ0n) is 14.6. The summed E-state index contributed by atoms with van der Waals surface area (Å²) in [6, 6.07) is 15.6. The molecular formula is C20H13Cl2NO5S. The van der Waals surface area contributed by atoms with E-state index < -0.39 is 37.8 Å². The molecule has 29 heavy (non-hydrogen) atoms. The second kappa shape index (κ2) is 8.24. The van der Waals surface area contributed by atoms with Gasteiger partial charge in [-0.1, -0.05) is 47.5 Å². The molecule has 0 saturated heterocycles. The second-order valence-corrected chi connectivity index (χ2v) is 8.40. The van der Waals surface area contributed by atoms with Gasteiger partial charge in [0.1, 0.15) is 0 Å². The van der Waals surface area contributed by atoms with Crippen molar-refractivity contribution in [3.63, 3.8) is 0 Å². The number of aromatic carboxylic acids is 1. The first-order valence-corrected chi connectivity index (χ1v) is 10.4. The van der Waals surface area contributed by atoms with Crippen LogP contribution in [-0.2, 0) is 10.0 Å². The number of carboxylic acid groups (broad SMARTS) is 1. The molecule has 0 spiro atoms. The van der Waals surface area contributed by atoms with Gasteiger partial charge in [0.15, 0.2) is 5.78 Å². The summed E-state index contributed by atoms with van der Waals surface area (Å²) in [5, 5.41) is 9.78. The van der Waals surface area contributed by atoms with Crippen LogP contribution < -0.4 is 4.72 Å².